The number of aromatic amines is 1. The monoisotopic (exact) mass is 356 g/mol. The van der Waals surface area contributed by atoms with Crippen LogP contribution < -0.4 is 10.6 Å². The first kappa shape index (κ1) is 17.1. The Kier molecular flexibility index (Phi) is 4.88. The molecule has 0 aliphatic heterocycles. The van der Waals surface area contributed by atoms with E-state index in [-0.39, 0.29) is 11.4 Å². The summed E-state index contributed by atoms with van der Waals surface area (Å²) in [4.78, 5) is 35.4. The molecule has 132 valence electrons. The van der Waals surface area contributed by atoms with Crippen molar-refractivity contribution in [2.24, 2.45) is 0 Å². The summed E-state index contributed by atoms with van der Waals surface area (Å²) in [5.74, 6) is -2.33. The zero-order valence-electron chi connectivity index (χ0n) is 13.3. The van der Waals surface area contributed by atoms with Crippen molar-refractivity contribution in [2.45, 2.75) is 0 Å². The molecule has 0 saturated carbocycles. The highest BCUT2D eigenvalue weighted by atomic mass is 19.1. The standard InChI is InChI=1S/C17H13FN4O4/c18-11-6-2-4-8-13(11)19-17(25)20-14(23)9-26-16(24)15-10-5-1-3-7-12(10)21-22-15/h1-8H,9H2,(H,21,22)(H2,19,20,23,25). The Morgan fingerprint density at radius 1 is 1.08 bits per heavy atom. The number of halogens is 1. The number of benzene rings is 2. The van der Waals surface area contributed by atoms with E-state index in [2.05, 4.69) is 15.5 Å². The van der Waals surface area contributed by atoms with Crippen LogP contribution in [0.25, 0.3) is 10.9 Å². The molecule has 8 nitrogen and oxygen atoms in total. The Morgan fingerprint density at radius 2 is 1.81 bits per heavy atom. The summed E-state index contributed by atoms with van der Waals surface area (Å²) in [5, 5.41) is 11.2. The molecule has 0 fully saturated rings. The van der Waals surface area contributed by atoms with Gasteiger partial charge in [0.2, 0.25) is 0 Å². The van der Waals surface area contributed by atoms with E-state index in [1.807, 2.05) is 5.32 Å². The summed E-state index contributed by atoms with van der Waals surface area (Å²) in [6, 6.07) is 11.5. The lowest BCUT2D eigenvalue weighted by molar-refractivity contribution is -0.123. The average Bonchev–Trinajstić information content (AvgIpc) is 3.06. The lowest BCUT2D eigenvalue weighted by Crippen LogP contribution is -2.37. The highest BCUT2D eigenvalue weighted by molar-refractivity contribution is 6.04. The van der Waals surface area contributed by atoms with Crippen molar-refractivity contribution in [1.82, 2.24) is 15.5 Å². The van der Waals surface area contributed by atoms with Crippen LogP contribution in [0, 0.1) is 5.82 Å². The maximum atomic E-state index is 13.4. The molecule has 0 saturated heterocycles. The number of ether oxygens (including phenoxy) is 1. The molecule has 0 atom stereocenters. The smallest absolute Gasteiger partial charge is 0.359 e. The molecule has 3 rings (SSSR count). The average molecular weight is 356 g/mol. The van der Waals surface area contributed by atoms with Crippen molar-refractivity contribution >= 4 is 34.5 Å². The first-order chi connectivity index (χ1) is 12.5. The van der Waals surface area contributed by atoms with Crippen LogP contribution >= 0.6 is 0 Å². The van der Waals surface area contributed by atoms with Crippen molar-refractivity contribution in [1.29, 1.82) is 0 Å². The number of imide groups is 1. The van der Waals surface area contributed by atoms with Crippen LogP contribution in [0.1, 0.15) is 10.5 Å². The number of carbonyl (C=O) groups excluding carboxylic acids is 3. The van der Waals surface area contributed by atoms with Gasteiger partial charge in [0.1, 0.15) is 5.82 Å². The molecule has 1 aromatic heterocycles. The van der Waals surface area contributed by atoms with Gasteiger partial charge in [0.15, 0.2) is 12.3 Å². The zero-order chi connectivity index (χ0) is 18.5. The molecule has 0 spiro atoms. The van der Waals surface area contributed by atoms with Crippen LogP contribution in [0.5, 0.6) is 0 Å². The molecule has 0 radical (unpaired) electrons. The van der Waals surface area contributed by atoms with Gasteiger partial charge in [-0.15, -0.1) is 0 Å². The Morgan fingerprint density at radius 3 is 2.62 bits per heavy atom. The third kappa shape index (κ3) is 3.83. The first-order valence-corrected chi connectivity index (χ1v) is 7.50. The Bertz CT molecular complexity index is 986. The molecule has 3 aromatic rings. The van der Waals surface area contributed by atoms with E-state index in [9.17, 15) is 18.8 Å². The second-order valence-corrected chi connectivity index (χ2v) is 5.18. The molecule has 0 bridgehead atoms. The number of esters is 1. The molecule has 2 aromatic carbocycles. The topological polar surface area (TPSA) is 113 Å². The summed E-state index contributed by atoms with van der Waals surface area (Å²) < 4.78 is 18.3. The van der Waals surface area contributed by atoms with Gasteiger partial charge in [0.25, 0.3) is 5.91 Å². The molecule has 3 N–H and O–H groups in total. The van der Waals surface area contributed by atoms with Crippen molar-refractivity contribution in [3.8, 4) is 0 Å². The van der Waals surface area contributed by atoms with Gasteiger partial charge in [0.05, 0.1) is 11.2 Å². The van der Waals surface area contributed by atoms with E-state index in [1.54, 1.807) is 24.3 Å². The number of fused-ring (bicyclic) bond motifs is 1. The number of anilines is 1. The number of para-hydroxylation sites is 2. The fourth-order valence-corrected chi connectivity index (χ4v) is 2.20. The number of nitrogens with one attached hydrogen (secondary N) is 3. The van der Waals surface area contributed by atoms with Crippen molar-refractivity contribution in [3.05, 3.63) is 60.0 Å². The summed E-state index contributed by atoms with van der Waals surface area (Å²) in [6.07, 6.45) is 0. The predicted octanol–water partition coefficient (Wildman–Crippen LogP) is 2.21. The minimum Gasteiger partial charge on any atom is -0.451 e. The minimum atomic E-state index is -0.943. The second-order valence-electron chi connectivity index (χ2n) is 5.18. The number of nitrogens with zero attached hydrogens (tertiary/aromatic N) is 1. The van der Waals surface area contributed by atoms with Gasteiger partial charge in [0, 0.05) is 5.39 Å². The Balaban J connectivity index is 1.53. The summed E-state index contributed by atoms with van der Waals surface area (Å²) in [5.41, 5.74) is 0.593. The quantitative estimate of drug-likeness (QED) is 0.620. The van der Waals surface area contributed by atoms with Gasteiger partial charge in [-0.25, -0.2) is 14.0 Å². The van der Waals surface area contributed by atoms with Gasteiger partial charge in [-0.2, -0.15) is 5.10 Å². The third-order valence-electron chi connectivity index (χ3n) is 3.37. The molecule has 0 unspecified atom stereocenters. The van der Waals surface area contributed by atoms with E-state index >= 15 is 0 Å². The van der Waals surface area contributed by atoms with Gasteiger partial charge in [-0.3, -0.25) is 15.2 Å². The van der Waals surface area contributed by atoms with Crippen LogP contribution in [0.4, 0.5) is 14.9 Å². The molecule has 0 aliphatic carbocycles. The number of amides is 3. The van der Waals surface area contributed by atoms with Gasteiger partial charge < -0.3 is 10.1 Å². The minimum absolute atomic E-state index is 0.0317. The third-order valence-corrected chi connectivity index (χ3v) is 3.37. The lowest BCUT2D eigenvalue weighted by Gasteiger charge is -2.07. The predicted molar refractivity (Wildman–Crippen MR) is 89.9 cm³/mol. The van der Waals surface area contributed by atoms with Crippen molar-refractivity contribution in [2.75, 3.05) is 11.9 Å². The van der Waals surface area contributed by atoms with Crippen molar-refractivity contribution in [3.63, 3.8) is 0 Å². The van der Waals surface area contributed by atoms with Crippen molar-refractivity contribution < 1.29 is 23.5 Å². The summed E-state index contributed by atoms with van der Waals surface area (Å²) in [6.45, 7) is -0.690. The zero-order valence-corrected chi connectivity index (χ0v) is 13.3. The number of urea groups is 1. The van der Waals surface area contributed by atoms with E-state index in [1.165, 1.54) is 18.2 Å². The van der Waals surface area contributed by atoms with Crippen LogP contribution in [-0.2, 0) is 9.53 Å². The number of carbonyl (C=O) groups is 3. The normalized spacial score (nSPS) is 10.3. The number of hydrogen-bond acceptors (Lipinski definition) is 5. The fraction of sp³-hybridized carbons (Fsp3) is 0.0588. The summed E-state index contributed by atoms with van der Waals surface area (Å²) in [7, 11) is 0. The van der Waals surface area contributed by atoms with Crippen LogP contribution in [0.2, 0.25) is 0 Å². The Hall–Kier alpha value is -3.75. The first-order valence-electron chi connectivity index (χ1n) is 7.50. The second kappa shape index (κ2) is 7.43. The van der Waals surface area contributed by atoms with Crippen LogP contribution in [-0.4, -0.2) is 34.7 Å². The number of rotatable bonds is 4. The number of aromatic nitrogens is 2. The SMILES string of the molecule is O=C(COC(=O)c1n[nH]c2ccccc12)NC(=O)Nc1ccccc1F. The maximum absolute atomic E-state index is 13.4. The molecule has 3 amide bonds. The number of hydrogen-bond donors (Lipinski definition) is 3. The molecule has 0 aliphatic rings. The van der Waals surface area contributed by atoms with Gasteiger partial charge in [-0.05, 0) is 18.2 Å². The maximum Gasteiger partial charge on any atom is 0.359 e. The highest BCUT2D eigenvalue weighted by Gasteiger charge is 2.17. The van der Waals surface area contributed by atoms with E-state index in [4.69, 9.17) is 4.74 Å². The van der Waals surface area contributed by atoms with Gasteiger partial charge in [-0.1, -0.05) is 30.3 Å². The Labute approximate surface area is 146 Å². The van der Waals surface area contributed by atoms with Crippen LogP contribution in [0.3, 0.4) is 0 Å². The van der Waals surface area contributed by atoms with E-state index in [0.29, 0.717) is 10.9 Å². The van der Waals surface area contributed by atoms with E-state index < -0.39 is 30.3 Å². The van der Waals surface area contributed by atoms with E-state index in [0.717, 1.165) is 6.07 Å². The molecular weight excluding hydrogens is 343 g/mol. The molecule has 9 heteroatoms. The van der Waals surface area contributed by atoms with Crippen LogP contribution in [0.15, 0.2) is 48.5 Å². The molecule has 26 heavy (non-hydrogen) atoms. The lowest BCUT2D eigenvalue weighted by atomic mass is 10.2. The molecule has 1 heterocycles. The highest BCUT2D eigenvalue weighted by Crippen LogP contribution is 2.15. The number of H-pyrrole nitrogens is 1. The largest absolute Gasteiger partial charge is 0.451 e. The fourth-order valence-electron chi connectivity index (χ4n) is 2.20. The molecular formula is C17H13FN4O4. The van der Waals surface area contributed by atoms with Gasteiger partial charge >= 0.3 is 12.0 Å². The summed E-state index contributed by atoms with van der Waals surface area (Å²) >= 11 is 0.